The van der Waals surface area contributed by atoms with Crippen molar-refractivity contribution in [2.75, 3.05) is 27.3 Å². The standard InChI is InChI=1S/C23H36N2O3/c1-24-17-21(15-18-9-4-3-5-10-18)25-23(27)20-12-8-11-19(16-20)22(26)13-6-7-14-28-2/h8,11-12,16,18,21,24H,3-7,9-10,13-15,17H2,1-2H3,(H,25,27)/t21-/m0/s1. The third kappa shape index (κ3) is 7.72. The van der Waals surface area contributed by atoms with Gasteiger partial charge < -0.3 is 15.4 Å². The summed E-state index contributed by atoms with van der Waals surface area (Å²) in [6.07, 6.45) is 9.66. The predicted molar refractivity (Wildman–Crippen MR) is 113 cm³/mol. The second-order valence-corrected chi connectivity index (χ2v) is 7.92. The first kappa shape index (κ1) is 22.6. The number of methoxy groups -OCH3 is 1. The van der Waals surface area contributed by atoms with Crippen molar-refractivity contribution in [3.63, 3.8) is 0 Å². The summed E-state index contributed by atoms with van der Waals surface area (Å²) in [4.78, 5) is 25.2. The largest absolute Gasteiger partial charge is 0.385 e. The van der Waals surface area contributed by atoms with Crippen LogP contribution in [-0.4, -0.2) is 45.0 Å². The normalized spacial score (nSPS) is 15.9. The highest BCUT2D eigenvalue weighted by Crippen LogP contribution is 2.27. The Morgan fingerprint density at radius 1 is 1.14 bits per heavy atom. The van der Waals surface area contributed by atoms with E-state index in [0.717, 1.165) is 25.8 Å². The molecule has 0 heterocycles. The van der Waals surface area contributed by atoms with E-state index in [2.05, 4.69) is 10.6 Å². The molecular weight excluding hydrogens is 352 g/mol. The Labute approximate surface area is 169 Å². The van der Waals surface area contributed by atoms with Crippen molar-refractivity contribution in [3.05, 3.63) is 35.4 Å². The van der Waals surface area contributed by atoms with E-state index >= 15 is 0 Å². The summed E-state index contributed by atoms with van der Waals surface area (Å²) in [5, 5.41) is 6.38. The summed E-state index contributed by atoms with van der Waals surface area (Å²) in [6, 6.07) is 7.22. The molecule has 0 spiro atoms. The van der Waals surface area contributed by atoms with Gasteiger partial charge in [-0.25, -0.2) is 0 Å². The molecule has 0 aromatic heterocycles. The van der Waals surface area contributed by atoms with E-state index < -0.39 is 0 Å². The van der Waals surface area contributed by atoms with Crippen LogP contribution in [0.15, 0.2) is 24.3 Å². The Morgan fingerprint density at radius 2 is 1.89 bits per heavy atom. The molecule has 1 fully saturated rings. The molecule has 28 heavy (non-hydrogen) atoms. The second kappa shape index (κ2) is 12.7. The molecule has 1 aliphatic rings. The monoisotopic (exact) mass is 388 g/mol. The number of carbonyl (C=O) groups excluding carboxylic acids is 2. The van der Waals surface area contributed by atoms with Gasteiger partial charge in [-0.3, -0.25) is 9.59 Å². The summed E-state index contributed by atoms with van der Waals surface area (Å²) < 4.78 is 5.02. The van der Waals surface area contributed by atoms with Gasteiger partial charge in [-0.15, -0.1) is 0 Å². The van der Waals surface area contributed by atoms with Crippen molar-refractivity contribution in [1.82, 2.24) is 10.6 Å². The molecule has 0 unspecified atom stereocenters. The predicted octanol–water partition coefficient (Wildman–Crippen LogP) is 3.97. The maximum absolute atomic E-state index is 12.8. The molecule has 1 aromatic carbocycles. The highest BCUT2D eigenvalue weighted by atomic mass is 16.5. The molecule has 1 saturated carbocycles. The highest BCUT2D eigenvalue weighted by Gasteiger charge is 2.21. The van der Waals surface area contributed by atoms with Gasteiger partial charge in [0.25, 0.3) is 5.91 Å². The van der Waals surface area contributed by atoms with E-state index in [4.69, 9.17) is 4.74 Å². The van der Waals surface area contributed by atoms with Crippen LogP contribution in [0.25, 0.3) is 0 Å². The van der Waals surface area contributed by atoms with Crippen molar-refractivity contribution >= 4 is 11.7 Å². The minimum Gasteiger partial charge on any atom is -0.385 e. The zero-order chi connectivity index (χ0) is 20.2. The number of ether oxygens (including phenoxy) is 1. The molecule has 2 rings (SSSR count). The van der Waals surface area contributed by atoms with Crippen LogP contribution in [0.4, 0.5) is 0 Å². The minimum atomic E-state index is -0.0925. The summed E-state index contributed by atoms with van der Waals surface area (Å²) in [5.74, 6) is 0.692. The first-order chi connectivity index (χ1) is 13.6. The molecule has 1 amide bonds. The van der Waals surface area contributed by atoms with Crippen LogP contribution >= 0.6 is 0 Å². The van der Waals surface area contributed by atoms with Gasteiger partial charge in [-0.05, 0) is 44.4 Å². The summed E-state index contributed by atoms with van der Waals surface area (Å²) in [6.45, 7) is 1.43. The lowest BCUT2D eigenvalue weighted by Crippen LogP contribution is -2.42. The topological polar surface area (TPSA) is 67.4 Å². The van der Waals surface area contributed by atoms with Gasteiger partial charge in [0.2, 0.25) is 0 Å². The van der Waals surface area contributed by atoms with E-state index in [1.54, 1.807) is 31.4 Å². The Morgan fingerprint density at radius 3 is 2.61 bits per heavy atom. The molecule has 1 aromatic rings. The number of Topliss-reactive ketones (excluding diaryl/α,β-unsaturated/α-hetero) is 1. The van der Waals surface area contributed by atoms with Crippen LogP contribution in [-0.2, 0) is 4.74 Å². The van der Waals surface area contributed by atoms with Gasteiger partial charge >= 0.3 is 0 Å². The summed E-state index contributed by atoms with van der Waals surface area (Å²) in [5.41, 5.74) is 1.18. The molecule has 2 N–H and O–H groups in total. The maximum Gasteiger partial charge on any atom is 0.251 e. The minimum absolute atomic E-state index is 0.0831. The lowest BCUT2D eigenvalue weighted by atomic mass is 9.84. The number of carbonyl (C=O) groups is 2. The molecule has 5 heteroatoms. The van der Waals surface area contributed by atoms with Gasteiger partial charge in [0.05, 0.1) is 0 Å². The van der Waals surface area contributed by atoms with Crippen molar-refractivity contribution in [2.24, 2.45) is 5.92 Å². The van der Waals surface area contributed by atoms with E-state index in [0.29, 0.717) is 30.1 Å². The van der Waals surface area contributed by atoms with Crippen LogP contribution in [0.3, 0.4) is 0 Å². The molecule has 0 bridgehead atoms. The van der Waals surface area contributed by atoms with E-state index in [1.807, 2.05) is 7.05 Å². The van der Waals surface area contributed by atoms with Crippen LogP contribution in [0.5, 0.6) is 0 Å². The maximum atomic E-state index is 12.8. The van der Waals surface area contributed by atoms with Gasteiger partial charge in [-0.2, -0.15) is 0 Å². The smallest absolute Gasteiger partial charge is 0.251 e. The van der Waals surface area contributed by atoms with Crippen molar-refractivity contribution in [2.45, 2.75) is 63.8 Å². The van der Waals surface area contributed by atoms with Crippen LogP contribution < -0.4 is 10.6 Å². The number of nitrogens with one attached hydrogen (secondary N) is 2. The Hall–Kier alpha value is -1.72. The summed E-state index contributed by atoms with van der Waals surface area (Å²) in [7, 11) is 3.59. The number of ketones is 1. The number of hydrogen-bond donors (Lipinski definition) is 2. The number of hydrogen-bond acceptors (Lipinski definition) is 4. The number of unbranched alkanes of at least 4 members (excludes halogenated alkanes) is 1. The van der Waals surface area contributed by atoms with Crippen LogP contribution in [0.1, 0.15) is 78.5 Å². The van der Waals surface area contributed by atoms with Crippen molar-refractivity contribution < 1.29 is 14.3 Å². The van der Waals surface area contributed by atoms with Crippen molar-refractivity contribution in [1.29, 1.82) is 0 Å². The summed E-state index contributed by atoms with van der Waals surface area (Å²) >= 11 is 0. The highest BCUT2D eigenvalue weighted by molar-refractivity contribution is 6.00. The van der Waals surface area contributed by atoms with Gasteiger partial charge in [0.15, 0.2) is 5.78 Å². The van der Waals surface area contributed by atoms with Gasteiger partial charge in [0.1, 0.15) is 0 Å². The SMILES string of the molecule is CNC[C@H](CC1CCCCC1)NC(=O)c1cccc(C(=O)CCCCOC)c1. The lowest BCUT2D eigenvalue weighted by molar-refractivity contribution is 0.0928. The lowest BCUT2D eigenvalue weighted by Gasteiger charge is -2.27. The fraction of sp³-hybridized carbons (Fsp3) is 0.652. The Bertz CT molecular complexity index is 612. The zero-order valence-corrected chi connectivity index (χ0v) is 17.5. The average Bonchev–Trinajstić information content (AvgIpc) is 2.72. The fourth-order valence-electron chi connectivity index (χ4n) is 4.04. The molecule has 0 saturated heterocycles. The van der Waals surface area contributed by atoms with Crippen LogP contribution in [0.2, 0.25) is 0 Å². The molecule has 0 aliphatic heterocycles. The molecular formula is C23H36N2O3. The first-order valence-corrected chi connectivity index (χ1v) is 10.7. The quantitative estimate of drug-likeness (QED) is 0.420. The second-order valence-electron chi connectivity index (χ2n) is 7.92. The third-order valence-corrected chi connectivity index (χ3v) is 5.58. The Balaban J connectivity index is 1.92. The molecule has 5 nitrogen and oxygen atoms in total. The van der Waals surface area contributed by atoms with Gasteiger partial charge in [0, 0.05) is 43.9 Å². The number of likely N-dealkylation sites (N-methyl/N-ethyl adjacent to an activating group) is 1. The molecule has 156 valence electrons. The number of benzene rings is 1. The molecule has 1 atom stereocenters. The van der Waals surface area contributed by atoms with E-state index in [1.165, 1.54) is 32.1 Å². The fourth-order valence-corrected chi connectivity index (χ4v) is 4.04. The average molecular weight is 389 g/mol. The number of amides is 1. The van der Waals surface area contributed by atoms with Crippen LogP contribution in [0, 0.1) is 5.92 Å². The first-order valence-electron chi connectivity index (χ1n) is 10.7. The molecule has 1 aliphatic carbocycles. The third-order valence-electron chi connectivity index (χ3n) is 5.58. The zero-order valence-electron chi connectivity index (χ0n) is 17.5. The number of rotatable bonds is 12. The molecule has 0 radical (unpaired) electrons. The van der Waals surface area contributed by atoms with E-state index in [-0.39, 0.29) is 17.7 Å². The Kier molecular flexibility index (Phi) is 10.2. The van der Waals surface area contributed by atoms with Crippen molar-refractivity contribution in [3.8, 4) is 0 Å². The van der Waals surface area contributed by atoms with Gasteiger partial charge in [-0.1, -0.05) is 44.2 Å². The van der Waals surface area contributed by atoms with E-state index in [9.17, 15) is 9.59 Å².